The molecule has 0 amide bonds. The average Bonchev–Trinajstić information content (AvgIpc) is 2.25. The standard InChI is InChI=1S/C9H20O4SSi/c1-9(5-6-10)14-7-8-15(11-2,12-3)13-4/h6,9H,5,7-8H2,1-4H3. The van der Waals surface area contributed by atoms with E-state index in [0.29, 0.717) is 11.7 Å². The van der Waals surface area contributed by atoms with Crippen LogP contribution in [0.15, 0.2) is 0 Å². The number of rotatable bonds is 9. The Bertz CT molecular complexity index is 167. The largest absolute Gasteiger partial charge is 0.500 e. The van der Waals surface area contributed by atoms with Crippen molar-refractivity contribution in [1.82, 2.24) is 0 Å². The van der Waals surface area contributed by atoms with Crippen molar-refractivity contribution in [3.05, 3.63) is 0 Å². The summed E-state index contributed by atoms with van der Waals surface area (Å²) >= 11 is 1.74. The lowest BCUT2D eigenvalue weighted by Crippen LogP contribution is -2.43. The highest BCUT2D eigenvalue weighted by Crippen LogP contribution is 2.20. The van der Waals surface area contributed by atoms with Crippen molar-refractivity contribution in [3.8, 4) is 0 Å². The molecule has 0 aliphatic carbocycles. The molecule has 0 N–H and O–H groups in total. The first-order valence-electron chi connectivity index (χ1n) is 4.84. The van der Waals surface area contributed by atoms with E-state index in [0.717, 1.165) is 18.1 Å². The smallest absolute Gasteiger partial charge is 0.377 e. The van der Waals surface area contributed by atoms with Crippen LogP contribution < -0.4 is 0 Å². The molecule has 0 aliphatic rings. The molecule has 0 saturated heterocycles. The molecule has 0 radical (unpaired) electrons. The van der Waals surface area contributed by atoms with Crippen LogP contribution in [-0.4, -0.2) is 47.4 Å². The second-order valence-corrected chi connectivity index (χ2v) is 7.77. The second-order valence-electron chi connectivity index (χ2n) is 3.13. The highest BCUT2D eigenvalue weighted by molar-refractivity contribution is 7.99. The van der Waals surface area contributed by atoms with Crippen molar-refractivity contribution in [2.75, 3.05) is 27.1 Å². The van der Waals surface area contributed by atoms with Crippen molar-refractivity contribution in [2.24, 2.45) is 0 Å². The Kier molecular flexibility index (Phi) is 8.35. The number of carbonyl (C=O) groups is 1. The zero-order valence-corrected chi connectivity index (χ0v) is 11.6. The Hall–Kier alpha value is 0.117. The molecule has 0 aromatic heterocycles. The van der Waals surface area contributed by atoms with E-state index in [1.807, 2.05) is 6.92 Å². The molecular weight excluding hydrogens is 232 g/mol. The second kappa shape index (κ2) is 8.29. The lowest BCUT2D eigenvalue weighted by Gasteiger charge is -2.24. The van der Waals surface area contributed by atoms with Crippen molar-refractivity contribution in [1.29, 1.82) is 0 Å². The molecule has 0 fully saturated rings. The van der Waals surface area contributed by atoms with Gasteiger partial charge in [-0.1, -0.05) is 6.92 Å². The molecule has 1 atom stereocenters. The number of thioether (sulfide) groups is 1. The van der Waals surface area contributed by atoms with Gasteiger partial charge in [0.05, 0.1) is 0 Å². The Morgan fingerprint density at radius 1 is 1.27 bits per heavy atom. The summed E-state index contributed by atoms with van der Waals surface area (Å²) in [5.74, 6) is 0.886. The molecule has 0 spiro atoms. The summed E-state index contributed by atoms with van der Waals surface area (Å²) in [4.78, 5) is 10.3. The molecular formula is C9H20O4SSi. The van der Waals surface area contributed by atoms with Gasteiger partial charge in [0.1, 0.15) is 6.29 Å². The van der Waals surface area contributed by atoms with E-state index in [1.165, 1.54) is 0 Å². The van der Waals surface area contributed by atoms with E-state index in [2.05, 4.69) is 0 Å². The van der Waals surface area contributed by atoms with E-state index in [1.54, 1.807) is 33.1 Å². The van der Waals surface area contributed by atoms with E-state index >= 15 is 0 Å². The summed E-state index contributed by atoms with van der Waals surface area (Å²) in [7, 11) is 2.41. The van der Waals surface area contributed by atoms with Crippen LogP contribution in [0.1, 0.15) is 13.3 Å². The third kappa shape index (κ3) is 5.67. The van der Waals surface area contributed by atoms with Crippen LogP contribution in [0.5, 0.6) is 0 Å². The molecule has 0 aromatic rings. The van der Waals surface area contributed by atoms with Crippen LogP contribution in [0, 0.1) is 0 Å². The third-order valence-electron chi connectivity index (χ3n) is 2.17. The topological polar surface area (TPSA) is 44.8 Å². The lowest BCUT2D eigenvalue weighted by atomic mass is 10.4. The fourth-order valence-corrected chi connectivity index (χ4v) is 4.35. The van der Waals surface area contributed by atoms with E-state index in [4.69, 9.17) is 13.3 Å². The Balaban J connectivity index is 3.85. The van der Waals surface area contributed by atoms with Gasteiger partial charge in [-0.3, -0.25) is 0 Å². The van der Waals surface area contributed by atoms with Gasteiger partial charge >= 0.3 is 8.80 Å². The Morgan fingerprint density at radius 2 is 1.80 bits per heavy atom. The van der Waals surface area contributed by atoms with Gasteiger partial charge in [0, 0.05) is 39.0 Å². The molecule has 0 aromatic carbocycles. The molecule has 15 heavy (non-hydrogen) atoms. The van der Waals surface area contributed by atoms with Crippen molar-refractivity contribution in [2.45, 2.75) is 24.6 Å². The highest BCUT2D eigenvalue weighted by atomic mass is 32.2. The van der Waals surface area contributed by atoms with E-state index in [9.17, 15) is 4.79 Å². The van der Waals surface area contributed by atoms with Gasteiger partial charge in [-0.2, -0.15) is 11.8 Å². The first-order chi connectivity index (χ1) is 7.14. The van der Waals surface area contributed by atoms with Crippen LogP contribution in [-0.2, 0) is 18.1 Å². The molecule has 0 saturated carbocycles. The Morgan fingerprint density at radius 3 is 2.20 bits per heavy atom. The van der Waals surface area contributed by atoms with Gasteiger partial charge in [-0.25, -0.2) is 0 Å². The number of hydrogen-bond donors (Lipinski definition) is 0. The maximum absolute atomic E-state index is 10.3. The summed E-state index contributed by atoms with van der Waals surface area (Å²) in [6.45, 7) is 2.04. The summed E-state index contributed by atoms with van der Waals surface area (Å²) in [6, 6.07) is 0.768. The molecule has 0 heterocycles. The molecule has 0 rings (SSSR count). The van der Waals surface area contributed by atoms with Crippen molar-refractivity contribution >= 4 is 26.9 Å². The lowest BCUT2D eigenvalue weighted by molar-refractivity contribution is -0.107. The normalized spacial score (nSPS) is 13.9. The monoisotopic (exact) mass is 252 g/mol. The van der Waals surface area contributed by atoms with Gasteiger partial charge < -0.3 is 18.1 Å². The predicted octanol–water partition coefficient (Wildman–Crippen LogP) is 1.58. The SMILES string of the molecule is CO[Si](CCSC(C)CC=O)(OC)OC. The minimum absolute atomic E-state index is 0.347. The van der Waals surface area contributed by atoms with E-state index in [-0.39, 0.29) is 0 Å². The minimum Gasteiger partial charge on any atom is -0.377 e. The van der Waals surface area contributed by atoms with Crippen LogP contribution in [0.3, 0.4) is 0 Å². The maximum Gasteiger partial charge on any atom is 0.500 e. The minimum atomic E-state index is -2.42. The molecule has 6 heteroatoms. The molecule has 1 unspecified atom stereocenters. The first kappa shape index (κ1) is 15.1. The van der Waals surface area contributed by atoms with Crippen LogP contribution in [0.2, 0.25) is 6.04 Å². The fraction of sp³-hybridized carbons (Fsp3) is 0.889. The van der Waals surface area contributed by atoms with Crippen LogP contribution in [0.4, 0.5) is 0 Å². The number of hydrogen-bond acceptors (Lipinski definition) is 5. The quantitative estimate of drug-likeness (QED) is 0.460. The maximum atomic E-state index is 10.3. The molecule has 4 nitrogen and oxygen atoms in total. The predicted molar refractivity (Wildman–Crippen MR) is 64.2 cm³/mol. The summed E-state index contributed by atoms with van der Waals surface area (Å²) in [5, 5.41) is 0.347. The van der Waals surface area contributed by atoms with E-state index < -0.39 is 8.80 Å². The van der Waals surface area contributed by atoms with Crippen LogP contribution >= 0.6 is 11.8 Å². The van der Waals surface area contributed by atoms with Gasteiger partial charge in [-0.05, 0) is 5.75 Å². The number of aldehydes is 1. The van der Waals surface area contributed by atoms with Gasteiger partial charge in [0.2, 0.25) is 0 Å². The zero-order valence-electron chi connectivity index (χ0n) is 9.82. The Labute approximate surface area is 97.0 Å². The first-order valence-corrected chi connectivity index (χ1v) is 7.83. The third-order valence-corrected chi connectivity index (χ3v) is 6.46. The molecule has 0 aliphatic heterocycles. The molecule has 0 bridgehead atoms. The highest BCUT2D eigenvalue weighted by Gasteiger charge is 2.37. The number of carbonyl (C=O) groups excluding carboxylic acids is 1. The van der Waals surface area contributed by atoms with Gasteiger partial charge in [0.25, 0.3) is 0 Å². The van der Waals surface area contributed by atoms with Gasteiger partial charge in [-0.15, -0.1) is 0 Å². The summed E-state index contributed by atoms with van der Waals surface area (Å²) in [6.07, 6.45) is 1.54. The van der Waals surface area contributed by atoms with Crippen LogP contribution in [0.25, 0.3) is 0 Å². The summed E-state index contributed by atoms with van der Waals surface area (Å²) < 4.78 is 15.9. The van der Waals surface area contributed by atoms with Crippen molar-refractivity contribution in [3.63, 3.8) is 0 Å². The van der Waals surface area contributed by atoms with Gasteiger partial charge in [0.15, 0.2) is 0 Å². The fourth-order valence-electron chi connectivity index (χ4n) is 1.14. The zero-order chi connectivity index (χ0) is 11.7. The van der Waals surface area contributed by atoms with Crippen molar-refractivity contribution < 1.29 is 18.1 Å². The molecule has 90 valence electrons. The summed E-state index contributed by atoms with van der Waals surface area (Å²) in [5.41, 5.74) is 0. The average molecular weight is 252 g/mol.